The number of rotatable bonds is 6. The SMILES string of the molecule is CCOc1ccc(C(O)C(C(=O)OC)C(F)F)cc1. The molecule has 2 atom stereocenters. The van der Waals surface area contributed by atoms with E-state index in [-0.39, 0.29) is 5.56 Å². The summed E-state index contributed by atoms with van der Waals surface area (Å²) in [6.07, 6.45) is -4.63. The Balaban J connectivity index is 2.90. The van der Waals surface area contributed by atoms with Crippen LogP contribution in [0.2, 0.25) is 0 Å². The molecule has 19 heavy (non-hydrogen) atoms. The van der Waals surface area contributed by atoms with E-state index in [2.05, 4.69) is 4.74 Å². The van der Waals surface area contributed by atoms with Crippen LogP contribution in [0.25, 0.3) is 0 Å². The molecule has 0 aliphatic carbocycles. The van der Waals surface area contributed by atoms with Crippen molar-refractivity contribution in [2.24, 2.45) is 5.92 Å². The summed E-state index contributed by atoms with van der Waals surface area (Å²) in [4.78, 5) is 11.3. The van der Waals surface area contributed by atoms with E-state index in [4.69, 9.17) is 4.74 Å². The predicted octanol–water partition coefficient (Wildman–Crippen LogP) is 2.17. The zero-order chi connectivity index (χ0) is 14.4. The van der Waals surface area contributed by atoms with Gasteiger partial charge >= 0.3 is 5.97 Å². The van der Waals surface area contributed by atoms with Crippen molar-refractivity contribution in [2.75, 3.05) is 13.7 Å². The van der Waals surface area contributed by atoms with E-state index >= 15 is 0 Å². The van der Waals surface area contributed by atoms with Gasteiger partial charge in [-0.15, -0.1) is 0 Å². The van der Waals surface area contributed by atoms with Crippen molar-refractivity contribution < 1.29 is 28.2 Å². The van der Waals surface area contributed by atoms with Crippen molar-refractivity contribution in [3.63, 3.8) is 0 Å². The molecule has 0 bridgehead atoms. The lowest BCUT2D eigenvalue weighted by atomic mass is 9.96. The topological polar surface area (TPSA) is 55.8 Å². The lowest BCUT2D eigenvalue weighted by Crippen LogP contribution is -2.30. The Bertz CT molecular complexity index is 406. The molecule has 0 heterocycles. The van der Waals surface area contributed by atoms with Crippen molar-refractivity contribution >= 4 is 5.97 Å². The molecule has 0 amide bonds. The van der Waals surface area contributed by atoms with E-state index in [0.29, 0.717) is 12.4 Å². The van der Waals surface area contributed by atoms with Crippen molar-refractivity contribution in [3.8, 4) is 5.75 Å². The molecule has 2 unspecified atom stereocenters. The fourth-order valence-corrected chi connectivity index (χ4v) is 1.64. The van der Waals surface area contributed by atoms with E-state index in [9.17, 15) is 18.7 Å². The van der Waals surface area contributed by atoms with Crippen LogP contribution in [0, 0.1) is 5.92 Å². The van der Waals surface area contributed by atoms with Gasteiger partial charge in [0.25, 0.3) is 6.43 Å². The van der Waals surface area contributed by atoms with Gasteiger partial charge < -0.3 is 14.6 Å². The van der Waals surface area contributed by atoms with Crippen molar-refractivity contribution in [3.05, 3.63) is 29.8 Å². The van der Waals surface area contributed by atoms with E-state index in [1.54, 1.807) is 12.1 Å². The maximum atomic E-state index is 12.8. The molecular formula is C13H16F2O4. The molecule has 0 aliphatic heterocycles. The smallest absolute Gasteiger partial charge is 0.317 e. The second-order valence-corrected chi connectivity index (χ2v) is 3.83. The summed E-state index contributed by atoms with van der Waals surface area (Å²) in [7, 11) is 1.00. The molecule has 0 radical (unpaired) electrons. The molecule has 0 spiro atoms. The number of benzene rings is 1. The van der Waals surface area contributed by atoms with Crippen LogP contribution in [0.1, 0.15) is 18.6 Å². The van der Waals surface area contributed by atoms with E-state index in [1.807, 2.05) is 6.92 Å². The lowest BCUT2D eigenvalue weighted by Gasteiger charge is -2.20. The average molecular weight is 274 g/mol. The minimum Gasteiger partial charge on any atom is -0.494 e. The first-order chi connectivity index (χ1) is 9.01. The molecule has 6 heteroatoms. The second kappa shape index (κ2) is 7.04. The summed E-state index contributed by atoms with van der Waals surface area (Å²) >= 11 is 0. The highest BCUT2D eigenvalue weighted by Gasteiger charge is 2.37. The third-order valence-electron chi connectivity index (χ3n) is 2.62. The van der Waals surface area contributed by atoms with Gasteiger partial charge in [-0.05, 0) is 24.6 Å². The number of halogens is 2. The molecule has 0 fully saturated rings. The number of carbonyl (C=O) groups is 1. The maximum Gasteiger partial charge on any atom is 0.317 e. The standard InChI is InChI=1S/C13H16F2O4/c1-3-19-9-6-4-8(5-7-9)11(16)10(12(14)15)13(17)18-2/h4-7,10-12,16H,3H2,1-2H3. The summed E-state index contributed by atoms with van der Waals surface area (Å²) in [5.41, 5.74) is 0.208. The number of aliphatic hydroxyl groups is 1. The molecule has 0 aliphatic rings. The normalized spacial score (nSPS) is 14.0. The summed E-state index contributed by atoms with van der Waals surface area (Å²) in [6, 6.07) is 5.96. The summed E-state index contributed by atoms with van der Waals surface area (Å²) in [6.45, 7) is 2.29. The number of ether oxygens (including phenoxy) is 2. The Labute approximate surface area is 109 Å². The van der Waals surface area contributed by atoms with Crippen LogP contribution in [0.5, 0.6) is 5.75 Å². The van der Waals surface area contributed by atoms with Crippen LogP contribution >= 0.6 is 0 Å². The average Bonchev–Trinajstić information content (AvgIpc) is 2.39. The maximum absolute atomic E-state index is 12.8. The number of esters is 1. The van der Waals surface area contributed by atoms with Gasteiger partial charge in [-0.1, -0.05) is 12.1 Å². The van der Waals surface area contributed by atoms with E-state index in [1.165, 1.54) is 12.1 Å². The number of hydrogen-bond donors (Lipinski definition) is 1. The van der Waals surface area contributed by atoms with E-state index in [0.717, 1.165) is 7.11 Å². The second-order valence-electron chi connectivity index (χ2n) is 3.83. The van der Waals surface area contributed by atoms with Gasteiger partial charge in [0.05, 0.1) is 19.8 Å². The Kier molecular flexibility index (Phi) is 5.69. The quantitative estimate of drug-likeness (QED) is 0.808. The zero-order valence-electron chi connectivity index (χ0n) is 10.7. The van der Waals surface area contributed by atoms with Gasteiger partial charge in [0.2, 0.25) is 0 Å². The van der Waals surface area contributed by atoms with Crippen molar-refractivity contribution in [1.82, 2.24) is 0 Å². The number of hydrogen-bond acceptors (Lipinski definition) is 4. The summed E-state index contributed by atoms with van der Waals surface area (Å²) in [5, 5.41) is 9.85. The Hall–Kier alpha value is -1.69. The molecule has 1 N–H and O–H groups in total. The zero-order valence-corrected chi connectivity index (χ0v) is 10.7. The highest BCUT2D eigenvalue weighted by molar-refractivity contribution is 5.73. The number of aliphatic hydroxyl groups excluding tert-OH is 1. The molecular weight excluding hydrogens is 258 g/mol. The predicted molar refractivity (Wildman–Crippen MR) is 64.1 cm³/mol. The molecule has 0 saturated heterocycles. The van der Waals surface area contributed by atoms with Gasteiger partial charge in [-0.3, -0.25) is 4.79 Å². The first-order valence-electron chi connectivity index (χ1n) is 5.78. The first kappa shape index (κ1) is 15.4. The fourth-order valence-electron chi connectivity index (χ4n) is 1.64. The Morgan fingerprint density at radius 1 is 1.32 bits per heavy atom. The van der Waals surface area contributed by atoms with Crippen LogP contribution in [-0.2, 0) is 9.53 Å². The Morgan fingerprint density at radius 2 is 1.89 bits per heavy atom. The van der Waals surface area contributed by atoms with Crippen molar-refractivity contribution in [2.45, 2.75) is 19.5 Å². The number of methoxy groups -OCH3 is 1. The van der Waals surface area contributed by atoms with Crippen LogP contribution in [-0.4, -0.2) is 31.2 Å². The molecule has 0 saturated carbocycles. The van der Waals surface area contributed by atoms with Gasteiger partial charge in [-0.25, -0.2) is 8.78 Å². The van der Waals surface area contributed by atoms with Gasteiger partial charge in [0.15, 0.2) is 0 Å². The molecule has 1 rings (SSSR count). The highest BCUT2D eigenvalue weighted by atomic mass is 19.3. The molecule has 4 nitrogen and oxygen atoms in total. The fraction of sp³-hybridized carbons (Fsp3) is 0.462. The van der Waals surface area contributed by atoms with Crippen LogP contribution < -0.4 is 4.74 Å². The van der Waals surface area contributed by atoms with Gasteiger partial charge in [0.1, 0.15) is 11.7 Å². The lowest BCUT2D eigenvalue weighted by molar-refractivity contribution is -0.157. The molecule has 0 aromatic heterocycles. The number of alkyl halides is 2. The van der Waals surface area contributed by atoms with Crippen LogP contribution in [0.15, 0.2) is 24.3 Å². The molecule has 1 aromatic rings. The first-order valence-corrected chi connectivity index (χ1v) is 5.78. The van der Waals surface area contributed by atoms with Crippen LogP contribution in [0.3, 0.4) is 0 Å². The van der Waals surface area contributed by atoms with Crippen molar-refractivity contribution in [1.29, 1.82) is 0 Å². The molecule has 106 valence electrons. The molecule has 1 aromatic carbocycles. The summed E-state index contributed by atoms with van der Waals surface area (Å²) < 4.78 is 35.0. The third kappa shape index (κ3) is 3.89. The number of carbonyl (C=O) groups excluding carboxylic acids is 1. The minimum absolute atomic E-state index is 0.208. The van der Waals surface area contributed by atoms with Gasteiger partial charge in [0, 0.05) is 0 Å². The van der Waals surface area contributed by atoms with E-state index < -0.39 is 24.4 Å². The third-order valence-corrected chi connectivity index (χ3v) is 2.62. The van der Waals surface area contributed by atoms with Gasteiger partial charge in [-0.2, -0.15) is 0 Å². The minimum atomic E-state index is -3.01. The summed E-state index contributed by atoms with van der Waals surface area (Å²) in [5.74, 6) is -2.48. The Morgan fingerprint density at radius 3 is 2.32 bits per heavy atom. The largest absolute Gasteiger partial charge is 0.494 e. The van der Waals surface area contributed by atoms with Crippen LogP contribution in [0.4, 0.5) is 8.78 Å². The monoisotopic (exact) mass is 274 g/mol. The highest BCUT2D eigenvalue weighted by Crippen LogP contribution is 2.29.